The molecule has 0 atom stereocenters. The van der Waals surface area contributed by atoms with Crippen LogP contribution in [0.2, 0.25) is 0 Å². The molecule has 0 saturated heterocycles. The molecule has 2 heterocycles. The molecule has 0 radical (unpaired) electrons. The zero-order valence-electron chi connectivity index (χ0n) is 17.2. The minimum Gasteiger partial charge on any atom is -0.454 e. The Labute approximate surface area is 189 Å². The predicted octanol–water partition coefficient (Wildman–Crippen LogP) is 4.91. The van der Waals surface area contributed by atoms with Gasteiger partial charge in [-0.15, -0.1) is 0 Å². The van der Waals surface area contributed by atoms with Gasteiger partial charge >= 0.3 is 0 Å². The Morgan fingerprint density at radius 2 is 1.94 bits per heavy atom. The summed E-state index contributed by atoms with van der Waals surface area (Å²) in [6.07, 6.45) is 0.937. The van der Waals surface area contributed by atoms with Crippen LogP contribution in [-0.2, 0) is 6.42 Å². The number of aromatic nitrogens is 1. The van der Waals surface area contributed by atoms with Gasteiger partial charge in [-0.1, -0.05) is 19.1 Å². The maximum absolute atomic E-state index is 12.5. The highest BCUT2D eigenvalue weighted by atomic mass is 32.1. The molecule has 0 saturated carbocycles. The molecule has 1 aromatic heterocycles. The Bertz CT molecular complexity index is 1350. The first-order chi connectivity index (χ1) is 15.6. The summed E-state index contributed by atoms with van der Waals surface area (Å²) in [4.78, 5) is 17.1. The lowest BCUT2D eigenvalue weighted by atomic mass is 10.1. The van der Waals surface area contributed by atoms with Crippen LogP contribution in [-0.4, -0.2) is 22.8 Å². The second kappa shape index (κ2) is 8.32. The second-order valence-electron chi connectivity index (χ2n) is 7.23. The Kier molecular flexibility index (Phi) is 5.20. The van der Waals surface area contributed by atoms with Crippen molar-refractivity contribution in [3.63, 3.8) is 0 Å². The molecule has 0 bridgehead atoms. The largest absolute Gasteiger partial charge is 0.454 e. The average Bonchev–Trinajstić information content (AvgIpc) is 3.44. The lowest BCUT2D eigenvalue weighted by Gasteiger charge is -2.10. The van der Waals surface area contributed by atoms with Crippen molar-refractivity contribution in [2.45, 2.75) is 13.3 Å². The number of nitrogens with one attached hydrogen (secondary N) is 2. The van der Waals surface area contributed by atoms with Crippen molar-refractivity contribution < 1.29 is 18.7 Å². The maximum Gasteiger partial charge on any atom is 0.257 e. The number of carbonyl (C=O) groups is 1. The van der Waals surface area contributed by atoms with E-state index in [2.05, 4.69) is 22.5 Å². The topological polar surface area (TPSA) is 85.6 Å². The Hall–Kier alpha value is -3.91. The van der Waals surface area contributed by atoms with Crippen molar-refractivity contribution in [1.82, 2.24) is 10.3 Å². The van der Waals surface area contributed by atoms with E-state index in [0.717, 1.165) is 23.1 Å². The van der Waals surface area contributed by atoms with Crippen LogP contribution in [0.25, 0.3) is 22.6 Å². The van der Waals surface area contributed by atoms with Crippen LogP contribution in [0.5, 0.6) is 11.5 Å². The van der Waals surface area contributed by atoms with Crippen LogP contribution in [0, 0.1) is 0 Å². The van der Waals surface area contributed by atoms with E-state index < -0.39 is 0 Å². The summed E-state index contributed by atoms with van der Waals surface area (Å²) >= 11 is 5.31. The Balaban J connectivity index is 1.29. The molecule has 1 aliphatic heterocycles. The molecule has 8 heteroatoms. The van der Waals surface area contributed by atoms with Gasteiger partial charge in [0, 0.05) is 16.8 Å². The quantitative estimate of drug-likeness (QED) is 0.432. The van der Waals surface area contributed by atoms with Gasteiger partial charge in [-0.25, -0.2) is 4.98 Å². The first-order valence-electron chi connectivity index (χ1n) is 10.1. The molecule has 32 heavy (non-hydrogen) atoms. The van der Waals surface area contributed by atoms with Crippen LogP contribution < -0.4 is 20.1 Å². The van der Waals surface area contributed by atoms with Crippen molar-refractivity contribution >= 4 is 40.0 Å². The van der Waals surface area contributed by atoms with Gasteiger partial charge in [0.1, 0.15) is 5.52 Å². The van der Waals surface area contributed by atoms with Crippen LogP contribution in [0.15, 0.2) is 65.1 Å². The number of hydrogen-bond donors (Lipinski definition) is 2. The molecule has 0 unspecified atom stereocenters. The number of rotatable bonds is 4. The van der Waals surface area contributed by atoms with E-state index in [1.165, 1.54) is 5.56 Å². The molecular formula is C24H19N3O4S. The molecule has 0 spiro atoms. The van der Waals surface area contributed by atoms with Crippen molar-refractivity contribution in [3.05, 3.63) is 71.8 Å². The first-order valence-corrected chi connectivity index (χ1v) is 10.5. The van der Waals surface area contributed by atoms with Gasteiger partial charge in [0.25, 0.3) is 5.91 Å². The van der Waals surface area contributed by atoms with Crippen LogP contribution in [0.1, 0.15) is 22.8 Å². The summed E-state index contributed by atoms with van der Waals surface area (Å²) < 4.78 is 16.5. The molecule has 4 aromatic rings. The highest BCUT2D eigenvalue weighted by molar-refractivity contribution is 7.80. The Morgan fingerprint density at radius 3 is 2.81 bits per heavy atom. The fourth-order valence-corrected chi connectivity index (χ4v) is 3.63. The average molecular weight is 446 g/mol. The third kappa shape index (κ3) is 4.00. The van der Waals surface area contributed by atoms with Gasteiger partial charge in [-0.05, 0) is 72.7 Å². The number of nitrogens with zero attached hydrogens (tertiary/aromatic N) is 1. The van der Waals surface area contributed by atoms with Crippen LogP contribution in [0.3, 0.4) is 0 Å². The third-order valence-electron chi connectivity index (χ3n) is 5.09. The van der Waals surface area contributed by atoms with Gasteiger partial charge < -0.3 is 19.2 Å². The van der Waals surface area contributed by atoms with E-state index in [-0.39, 0.29) is 17.8 Å². The second-order valence-corrected chi connectivity index (χ2v) is 7.64. The van der Waals surface area contributed by atoms with Crippen molar-refractivity contribution in [3.8, 4) is 23.0 Å². The first kappa shape index (κ1) is 20.0. The van der Waals surface area contributed by atoms with Gasteiger partial charge in [0.2, 0.25) is 12.7 Å². The molecule has 1 aliphatic rings. The summed E-state index contributed by atoms with van der Waals surface area (Å²) in [5.41, 5.74) is 4.69. The number of aryl methyl sites for hydroxylation is 1. The smallest absolute Gasteiger partial charge is 0.257 e. The molecular weight excluding hydrogens is 426 g/mol. The molecule has 1 amide bonds. The van der Waals surface area contributed by atoms with E-state index in [4.69, 9.17) is 26.1 Å². The predicted molar refractivity (Wildman–Crippen MR) is 125 cm³/mol. The highest BCUT2D eigenvalue weighted by Gasteiger charge is 2.17. The fourth-order valence-electron chi connectivity index (χ4n) is 3.42. The number of anilines is 1. The van der Waals surface area contributed by atoms with Crippen molar-refractivity contribution in [2.75, 3.05) is 12.1 Å². The summed E-state index contributed by atoms with van der Waals surface area (Å²) in [5, 5.41) is 5.88. The molecule has 2 N–H and O–H groups in total. The van der Waals surface area contributed by atoms with E-state index in [1.54, 1.807) is 18.2 Å². The van der Waals surface area contributed by atoms with Gasteiger partial charge in [-0.2, -0.15) is 0 Å². The van der Waals surface area contributed by atoms with Crippen molar-refractivity contribution in [2.24, 2.45) is 0 Å². The molecule has 5 rings (SSSR count). The van der Waals surface area contributed by atoms with E-state index in [0.29, 0.717) is 28.6 Å². The standard InChI is InChI=1S/C24H19N3O4S/c1-2-14-6-8-19-18(10-14)26-23(31-19)16-4-3-5-17(11-16)25-24(32)27-22(28)15-7-9-20-21(12-15)30-13-29-20/h3-12H,2,13H2,1H3,(H2,25,27,28,32). The maximum atomic E-state index is 12.5. The fraction of sp³-hybridized carbons (Fsp3) is 0.125. The third-order valence-corrected chi connectivity index (χ3v) is 5.29. The number of hydrogen-bond acceptors (Lipinski definition) is 6. The normalized spacial score (nSPS) is 12.0. The number of thiocarbonyl (C=S) groups is 1. The van der Waals surface area contributed by atoms with Crippen molar-refractivity contribution in [1.29, 1.82) is 0 Å². The minimum absolute atomic E-state index is 0.149. The summed E-state index contributed by atoms with van der Waals surface area (Å²) in [7, 11) is 0. The van der Waals surface area contributed by atoms with Crippen LogP contribution >= 0.6 is 12.2 Å². The summed E-state index contributed by atoms with van der Waals surface area (Å²) in [5.74, 6) is 1.33. The number of oxazole rings is 1. The number of ether oxygens (including phenoxy) is 2. The van der Waals surface area contributed by atoms with Gasteiger partial charge in [0.05, 0.1) is 0 Å². The lowest BCUT2D eigenvalue weighted by Crippen LogP contribution is -2.34. The summed E-state index contributed by atoms with van der Waals surface area (Å²) in [6.45, 7) is 2.25. The van der Waals surface area contributed by atoms with Gasteiger partial charge in [0.15, 0.2) is 22.2 Å². The SMILES string of the molecule is CCc1ccc2oc(-c3cccc(NC(=S)NC(=O)c4ccc5c(c4)OCO5)c3)nc2c1. The minimum atomic E-state index is -0.345. The number of amides is 1. The number of benzene rings is 3. The molecule has 0 aliphatic carbocycles. The number of fused-ring (bicyclic) bond motifs is 2. The zero-order chi connectivity index (χ0) is 22.1. The molecule has 3 aromatic carbocycles. The van der Waals surface area contributed by atoms with E-state index >= 15 is 0 Å². The highest BCUT2D eigenvalue weighted by Crippen LogP contribution is 2.32. The lowest BCUT2D eigenvalue weighted by molar-refractivity contribution is 0.0977. The summed E-state index contributed by atoms with van der Waals surface area (Å²) in [6, 6.07) is 18.5. The van der Waals surface area contributed by atoms with E-state index in [9.17, 15) is 4.79 Å². The van der Waals surface area contributed by atoms with E-state index in [1.807, 2.05) is 42.5 Å². The monoisotopic (exact) mass is 445 g/mol. The zero-order valence-corrected chi connectivity index (χ0v) is 18.0. The molecule has 0 fully saturated rings. The Morgan fingerprint density at radius 1 is 1.06 bits per heavy atom. The molecule has 160 valence electrons. The van der Waals surface area contributed by atoms with Gasteiger partial charge in [-0.3, -0.25) is 10.1 Å². The molecule has 7 nitrogen and oxygen atoms in total. The number of carbonyl (C=O) groups excluding carboxylic acids is 1. The van der Waals surface area contributed by atoms with Crippen LogP contribution in [0.4, 0.5) is 5.69 Å².